The molecule has 128 valence electrons. The van der Waals surface area contributed by atoms with Gasteiger partial charge in [-0.2, -0.15) is 0 Å². The van der Waals surface area contributed by atoms with Gasteiger partial charge in [0.2, 0.25) is 5.91 Å². The van der Waals surface area contributed by atoms with E-state index in [2.05, 4.69) is 38.5 Å². The van der Waals surface area contributed by atoms with Crippen LogP contribution < -0.4 is 16.2 Å². The van der Waals surface area contributed by atoms with Gasteiger partial charge in [-0.1, -0.05) is 36.4 Å². The second kappa shape index (κ2) is 7.00. The summed E-state index contributed by atoms with van der Waals surface area (Å²) in [5.41, 5.74) is 8.27. The van der Waals surface area contributed by atoms with Gasteiger partial charge in [0.1, 0.15) is 11.9 Å². The third kappa shape index (κ3) is 3.38. The van der Waals surface area contributed by atoms with Crippen molar-refractivity contribution in [3.8, 4) is 0 Å². The Balaban J connectivity index is 1.30. The second-order valence-electron chi connectivity index (χ2n) is 6.13. The van der Waals surface area contributed by atoms with Crippen LogP contribution in [-0.2, 0) is 11.2 Å². The van der Waals surface area contributed by atoms with E-state index in [1.54, 1.807) is 0 Å². The third-order valence-corrected chi connectivity index (χ3v) is 4.45. The Morgan fingerprint density at radius 1 is 1.12 bits per heavy atom. The standard InChI is InChI=1S/C18H20N6O/c25-18(15-12-14(20-21-15)13-6-2-1-3-7-13)19-10-9-17-23-22-16-8-4-5-11-24(16)17/h1-8,11,14-15,20-21H,9-10,12H2,(H,19,25). The Morgan fingerprint density at radius 2 is 1.96 bits per heavy atom. The molecule has 3 aromatic rings. The van der Waals surface area contributed by atoms with Crippen LogP contribution in [0.2, 0.25) is 0 Å². The normalized spacial score (nSPS) is 20.0. The van der Waals surface area contributed by atoms with E-state index < -0.39 is 0 Å². The Hall–Kier alpha value is -2.77. The van der Waals surface area contributed by atoms with Crippen molar-refractivity contribution >= 4 is 11.6 Å². The number of fused-ring (bicyclic) bond motifs is 1. The topological polar surface area (TPSA) is 83.4 Å². The zero-order valence-corrected chi connectivity index (χ0v) is 13.7. The zero-order chi connectivity index (χ0) is 17.1. The lowest BCUT2D eigenvalue weighted by Crippen LogP contribution is -2.43. The van der Waals surface area contributed by atoms with E-state index in [-0.39, 0.29) is 18.0 Å². The number of hydrogen-bond donors (Lipinski definition) is 3. The van der Waals surface area contributed by atoms with Gasteiger partial charge in [-0.15, -0.1) is 10.2 Å². The van der Waals surface area contributed by atoms with Crippen molar-refractivity contribution < 1.29 is 4.79 Å². The molecule has 2 aromatic heterocycles. The number of nitrogens with one attached hydrogen (secondary N) is 3. The summed E-state index contributed by atoms with van der Waals surface area (Å²) in [6.07, 6.45) is 3.29. The van der Waals surface area contributed by atoms with Gasteiger partial charge < -0.3 is 5.32 Å². The van der Waals surface area contributed by atoms with Crippen molar-refractivity contribution in [2.24, 2.45) is 0 Å². The smallest absolute Gasteiger partial charge is 0.238 e. The number of nitrogens with zero attached hydrogens (tertiary/aromatic N) is 3. The first-order chi connectivity index (χ1) is 12.3. The molecule has 0 saturated carbocycles. The summed E-state index contributed by atoms with van der Waals surface area (Å²) in [7, 11) is 0. The summed E-state index contributed by atoms with van der Waals surface area (Å²) < 4.78 is 1.94. The van der Waals surface area contributed by atoms with Crippen LogP contribution in [0.5, 0.6) is 0 Å². The molecule has 1 aliphatic heterocycles. The monoisotopic (exact) mass is 336 g/mol. The minimum atomic E-state index is -0.236. The van der Waals surface area contributed by atoms with Crippen molar-refractivity contribution in [2.45, 2.75) is 24.9 Å². The first kappa shape index (κ1) is 15.7. The highest BCUT2D eigenvalue weighted by atomic mass is 16.2. The number of amides is 1. The van der Waals surface area contributed by atoms with Crippen molar-refractivity contribution in [3.63, 3.8) is 0 Å². The fourth-order valence-corrected chi connectivity index (χ4v) is 3.11. The van der Waals surface area contributed by atoms with E-state index in [4.69, 9.17) is 0 Å². The van der Waals surface area contributed by atoms with E-state index in [0.29, 0.717) is 13.0 Å². The summed E-state index contributed by atoms with van der Waals surface area (Å²) >= 11 is 0. The molecule has 4 rings (SSSR count). The third-order valence-electron chi connectivity index (χ3n) is 4.45. The van der Waals surface area contributed by atoms with Crippen LogP contribution in [0.4, 0.5) is 0 Å². The summed E-state index contributed by atoms with van der Waals surface area (Å²) in [6, 6.07) is 15.8. The van der Waals surface area contributed by atoms with Crippen molar-refractivity contribution in [1.82, 2.24) is 30.8 Å². The largest absolute Gasteiger partial charge is 0.354 e. The molecule has 3 N–H and O–H groups in total. The van der Waals surface area contributed by atoms with Crippen LogP contribution in [0.25, 0.3) is 5.65 Å². The van der Waals surface area contributed by atoms with E-state index in [1.165, 1.54) is 5.56 Å². The molecule has 3 heterocycles. The van der Waals surface area contributed by atoms with E-state index in [9.17, 15) is 4.79 Å². The lowest BCUT2D eigenvalue weighted by Gasteiger charge is -2.10. The number of hydrogen-bond acceptors (Lipinski definition) is 5. The van der Waals surface area contributed by atoms with Crippen molar-refractivity contribution in [3.05, 3.63) is 66.1 Å². The number of carbonyl (C=O) groups excluding carboxylic acids is 1. The Bertz CT molecular complexity index is 862. The number of hydrazine groups is 1. The van der Waals surface area contributed by atoms with Gasteiger partial charge in [0.25, 0.3) is 0 Å². The van der Waals surface area contributed by atoms with Gasteiger partial charge >= 0.3 is 0 Å². The van der Waals surface area contributed by atoms with Crippen LogP contribution in [-0.4, -0.2) is 33.1 Å². The molecule has 1 aliphatic rings. The number of carbonyl (C=O) groups is 1. The summed E-state index contributed by atoms with van der Waals surface area (Å²) in [5.74, 6) is 0.843. The van der Waals surface area contributed by atoms with Crippen LogP contribution in [0.3, 0.4) is 0 Å². The van der Waals surface area contributed by atoms with Gasteiger partial charge in [0.05, 0.1) is 0 Å². The molecule has 1 fully saturated rings. The molecule has 25 heavy (non-hydrogen) atoms. The van der Waals surface area contributed by atoms with Gasteiger partial charge in [-0.05, 0) is 24.1 Å². The van der Waals surface area contributed by atoms with Crippen LogP contribution in [0.15, 0.2) is 54.7 Å². The summed E-state index contributed by atoms with van der Waals surface area (Å²) in [4.78, 5) is 12.4. The zero-order valence-electron chi connectivity index (χ0n) is 13.7. The Labute approximate surface area is 145 Å². The molecule has 1 aromatic carbocycles. The molecule has 0 spiro atoms. The fraction of sp³-hybridized carbons (Fsp3) is 0.278. The van der Waals surface area contributed by atoms with E-state index in [1.807, 2.05) is 47.0 Å². The molecule has 0 aliphatic carbocycles. The lowest BCUT2D eigenvalue weighted by molar-refractivity contribution is -0.122. The molecule has 2 atom stereocenters. The highest BCUT2D eigenvalue weighted by Crippen LogP contribution is 2.21. The highest BCUT2D eigenvalue weighted by molar-refractivity contribution is 5.82. The van der Waals surface area contributed by atoms with E-state index >= 15 is 0 Å². The molecule has 1 saturated heterocycles. The van der Waals surface area contributed by atoms with Crippen LogP contribution in [0, 0.1) is 0 Å². The minimum absolute atomic E-state index is 0.000230. The van der Waals surface area contributed by atoms with Gasteiger partial charge in [-0.25, -0.2) is 10.9 Å². The predicted molar refractivity (Wildman–Crippen MR) is 93.6 cm³/mol. The number of benzene rings is 1. The first-order valence-electron chi connectivity index (χ1n) is 8.43. The Morgan fingerprint density at radius 3 is 2.84 bits per heavy atom. The number of aromatic nitrogens is 3. The van der Waals surface area contributed by atoms with Crippen molar-refractivity contribution in [2.75, 3.05) is 6.54 Å². The molecule has 7 heteroatoms. The maximum absolute atomic E-state index is 12.4. The maximum Gasteiger partial charge on any atom is 0.238 e. The average molecular weight is 336 g/mol. The van der Waals surface area contributed by atoms with Gasteiger partial charge in [0, 0.05) is 25.2 Å². The van der Waals surface area contributed by atoms with Gasteiger partial charge in [-0.3, -0.25) is 9.20 Å². The molecule has 7 nitrogen and oxygen atoms in total. The molecule has 2 unspecified atom stereocenters. The number of rotatable bonds is 5. The first-order valence-corrected chi connectivity index (χ1v) is 8.43. The highest BCUT2D eigenvalue weighted by Gasteiger charge is 2.29. The molecule has 0 radical (unpaired) electrons. The fourth-order valence-electron chi connectivity index (χ4n) is 3.11. The van der Waals surface area contributed by atoms with Crippen LogP contribution >= 0.6 is 0 Å². The average Bonchev–Trinajstić information content (AvgIpc) is 3.30. The SMILES string of the molecule is O=C(NCCc1nnc2ccccn12)C1CC(c2ccccc2)NN1. The summed E-state index contributed by atoms with van der Waals surface area (Å²) in [5, 5.41) is 11.3. The maximum atomic E-state index is 12.4. The predicted octanol–water partition coefficient (Wildman–Crippen LogP) is 0.996. The minimum Gasteiger partial charge on any atom is -0.354 e. The molecular weight excluding hydrogens is 316 g/mol. The van der Waals surface area contributed by atoms with E-state index in [0.717, 1.165) is 17.9 Å². The molecular formula is C18H20N6O. The summed E-state index contributed by atoms with van der Waals surface area (Å²) in [6.45, 7) is 0.530. The Kier molecular flexibility index (Phi) is 4.41. The van der Waals surface area contributed by atoms with Crippen molar-refractivity contribution in [1.29, 1.82) is 0 Å². The number of pyridine rings is 1. The lowest BCUT2D eigenvalue weighted by atomic mass is 10.0. The van der Waals surface area contributed by atoms with Gasteiger partial charge in [0.15, 0.2) is 5.65 Å². The molecule has 1 amide bonds. The van der Waals surface area contributed by atoms with Crippen LogP contribution in [0.1, 0.15) is 23.9 Å². The second-order valence-corrected chi connectivity index (χ2v) is 6.13. The quantitative estimate of drug-likeness (QED) is 0.647. The molecule has 0 bridgehead atoms.